The molecule has 0 unspecified atom stereocenters. The highest BCUT2D eigenvalue weighted by Gasteiger charge is 2.28. The van der Waals surface area contributed by atoms with Gasteiger partial charge in [0.2, 0.25) is 0 Å². The molecule has 1 aliphatic rings. The maximum absolute atomic E-state index is 13.8. The fourth-order valence-electron chi connectivity index (χ4n) is 5.25. The minimum absolute atomic E-state index is 0.0127. The molecule has 8 heteroatoms. The van der Waals surface area contributed by atoms with E-state index in [1.807, 2.05) is 27.5 Å². The Morgan fingerprint density at radius 2 is 1.91 bits per heavy atom. The number of unbranched alkanes of at least 4 members (excludes halogenated alkanes) is 1. The van der Waals surface area contributed by atoms with Crippen LogP contribution in [0.5, 0.6) is 0 Å². The number of benzene rings is 1. The Labute approximate surface area is 204 Å². The predicted octanol–water partition coefficient (Wildman–Crippen LogP) is 4.54. The van der Waals surface area contributed by atoms with Gasteiger partial charge < -0.3 is 9.64 Å². The van der Waals surface area contributed by atoms with Crippen molar-refractivity contribution in [2.45, 2.75) is 51.6 Å². The van der Waals surface area contributed by atoms with Gasteiger partial charge in [-0.1, -0.05) is 37.6 Å². The molecule has 35 heavy (non-hydrogen) atoms. The van der Waals surface area contributed by atoms with Crippen LogP contribution in [0, 0.1) is 0 Å². The molecule has 1 aromatic carbocycles. The SMILES string of the molecule is CCCCc1c(Cn2c(=O)n(C3CCN(C(=O)OC)CC3)c3ccncc32)ncc2ccccc12. The molecule has 1 amide bonds. The molecule has 1 aliphatic heterocycles. The lowest BCUT2D eigenvalue weighted by Gasteiger charge is -2.31. The number of piperidine rings is 1. The highest BCUT2D eigenvalue weighted by Crippen LogP contribution is 2.27. The van der Waals surface area contributed by atoms with Gasteiger partial charge >= 0.3 is 11.8 Å². The Balaban J connectivity index is 1.55. The molecule has 4 aromatic rings. The van der Waals surface area contributed by atoms with Crippen LogP contribution in [-0.4, -0.2) is 50.3 Å². The zero-order chi connectivity index (χ0) is 24.4. The Morgan fingerprint density at radius 3 is 2.69 bits per heavy atom. The molecular weight excluding hydrogens is 442 g/mol. The summed E-state index contributed by atoms with van der Waals surface area (Å²) in [5.41, 5.74) is 3.78. The van der Waals surface area contributed by atoms with E-state index in [0.29, 0.717) is 32.5 Å². The first-order valence-electron chi connectivity index (χ1n) is 12.4. The lowest BCUT2D eigenvalue weighted by Crippen LogP contribution is -2.41. The summed E-state index contributed by atoms with van der Waals surface area (Å²) in [6.45, 7) is 3.72. The molecule has 0 spiro atoms. The number of rotatable bonds is 6. The van der Waals surface area contributed by atoms with Gasteiger partial charge in [0.05, 0.1) is 36.6 Å². The van der Waals surface area contributed by atoms with Crippen LogP contribution in [0.25, 0.3) is 21.8 Å². The monoisotopic (exact) mass is 473 g/mol. The van der Waals surface area contributed by atoms with Crippen LogP contribution in [0.2, 0.25) is 0 Å². The summed E-state index contributed by atoms with van der Waals surface area (Å²) in [5, 5.41) is 2.33. The normalized spacial score (nSPS) is 14.6. The highest BCUT2D eigenvalue weighted by molar-refractivity contribution is 5.85. The smallest absolute Gasteiger partial charge is 0.409 e. The average molecular weight is 474 g/mol. The van der Waals surface area contributed by atoms with Gasteiger partial charge in [-0.3, -0.25) is 19.1 Å². The van der Waals surface area contributed by atoms with Crippen molar-refractivity contribution < 1.29 is 9.53 Å². The van der Waals surface area contributed by atoms with E-state index in [-0.39, 0.29) is 17.8 Å². The molecule has 1 fully saturated rings. The fourth-order valence-corrected chi connectivity index (χ4v) is 5.25. The summed E-state index contributed by atoms with van der Waals surface area (Å²) in [6.07, 6.45) is 9.58. The van der Waals surface area contributed by atoms with Gasteiger partial charge in [-0.25, -0.2) is 9.59 Å². The summed E-state index contributed by atoms with van der Waals surface area (Å²) < 4.78 is 8.56. The van der Waals surface area contributed by atoms with Crippen LogP contribution >= 0.6 is 0 Å². The number of carbonyl (C=O) groups excluding carboxylic acids is 1. The van der Waals surface area contributed by atoms with E-state index in [0.717, 1.165) is 41.4 Å². The number of methoxy groups -OCH3 is 1. The van der Waals surface area contributed by atoms with Gasteiger partial charge in [0.25, 0.3) is 0 Å². The minimum Gasteiger partial charge on any atom is -0.453 e. The third-order valence-electron chi connectivity index (χ3n) is 7.11. The first-order valence-corrected chi connectivity index (χ1v) is 12.4. The first kappa shape index (κ1) is 23.1. The third-order valence-corrected chi connectivity index (χ3v) is 7.11. The zero-order valence-corrected chi connectivity index (χ0v) is 20.3. The summed E-state index contributed by atoms with van der Waals surface area (Å²) in [6, 6.07) is 10.2. The number of pyridine rings is 2. The van der Waals surface area contributed by atoms with Crippen molar-refractivity contribution in [1.82, 2.24) is 24.0 Å². The van der Waals surface area contributed by atoms with Crippen LogP contribution in [0.4, 0.5) is 4.79 Å². The second-order valence-electron chi connectivity index (χ2n) is 9.17. The molecule has 4 heterocycles. The molecule has 8 nitrogen and oxygen atoms in total. The lowest BCUT2D eigenvalue weighted by molar-refractivity contribution is 0.107. The molecule has 0 atom stereocenters. The van der Waals surface area contributed by atoms with Gasteiger partial charge in [0.15, 0.2) is 0 Å². The van der Waals surface area contributed by atoms with Crippen molar-refractivity contribution in [2.75, 3.05) is 20.2 Å². The maximum Gasteiger partial charge on any atom is 0.409 e. The summed E-state index contributed by atoms with van der Waals surface area (Å²) in [4.78, 5) is 36.6. The molecular formula is C27H31N5O3. The Kier molecular flexibility index (Phi) is 6.53. The average Bonchev–Trinajstić information content (AvgIpc) is 3.18. The number of hydrogen-bond acceptors (Lipinski definition) is 5. The molecule has 0 aliphatic carbocycles. The number of imidazole rings is 1. The van der Waals surface area contributed by atoms with Gasteiger partial charge in [0.1, 0.15) is 0 Å². The van der Waals surface area contributed by atoms with Crippen molar-refractivity contribution in [3.05, 3.63) is 70.7 Å². The Morgan fingerprint density at radius 1 is 1.11 bits per heavy atom. The van der Waals surface area contributed by atoms with Crippen molar-refractivity contribution in [1.29, 1.82) is 0 Å². The number of amides is 1. The number of fused-ring (bicyclic) bond motifs is 2. The fraction of sp³-hybridized carbons (Fsp3) is 0.407. The van der Waals surface area contributed by atoms with Crippen molar-refractivity contribution in [2.24, 2.45) is 0 Å². The highest BCUT2D eigenvalue weighted by atomic mass is 16.5. The van der Waals surface area contributed by atoms with E-state index in [9.17, 15) is 9.59 Å². The van der Waals surface area contributed by atoms with Gasteiger partial charge in [-0.2, -0.15) is 0 Å². The predicted molar refractivity (Wildman–Crippen MR) is 136 cm³/mol. The van der Waals surface area contributed by atoms with Crippen molar-refractivity contribution in [3.63, 3.8) is 0 Å². The zero-order valence-electron chi connectivity index (χ0n) is 20.3. The van der Waals surface area contributed by atoms with E-state index in [1.165, 1.54) is 18.1 Å². The van der Waals surface area contributed by atoms with Crippen LogP contribution in [0.1, 0.15) is 49.9 Å². The summed E-state index contributed by atoms with van der Waals surface area (Å²) >= 11 is 0. The summed E-state index contributed by atoms with van der Waals surface area (Å²) in [5.74, 6) is 0. The summed E-state index contributed by atoms with van der Waals surface area (Å²) in [7, 11) is 1.40. The van der Waals surface area contributed by atoms with E-state index >= 15 is 0 Å². The van der Waals surface area contributed by atoms with E-state index in [1.54, 1.807) is 17.3 Å². The van der Waals surface area contributed by atoms with E-state index < -0.39 is 0 Å². The van der Waals surface area contributed by atoms with Crippen LogP contribution in [0.15, 0.2) is 53.7 Å². The van der Waals surface area contributed by atoms with Gasteiger partial charge in [-0.05, 0) is 42.7 Å². The van der Waals surface area contributed by atoms with Gasteiger partial charge in [0, 0.05) is 36.9 Å². The topological polar surface area (TPSA) is 82.2 Å². The Hall–Kier alpha value is -3.68. The largest absolute Gasteiger partial charge is 0.453 e. The molecule has 0 saturated carbocycles. The second kappa shape index (κ2) is 9.90. The lowest BCUT2D eigenvalue weighted by atomic mass is 9.99. The molecule has 1 saturated heterocycles. The van der Waals surface area contributed by atoms with Crippen LogP contribution in [-0.2, 0) is 17.7 Å². The number of hydrogen-bond donors (Lipinski definition) is 0. The number of ether oxygens (including phenoxy) is 1. The number of aryl methyl sites for hydroxylation is 1. The second-order valence-corrected chi connectivity index (χ2v) is 9.17. The molecule has 5 rings (SSSR count). The minimum atomic E-state index is -0.315. The number of likely N-dealkylation sites (tertiary alicyclic amines) is 1. The van der Waals surface area contributed by atoms with Gasteiger partial charge in [-0.15, -0.1) is 0 Å². The maximum atomic E-state index is 13.8. The molecule has 0 N–H and O–H groups in total. The number of carbonyl (C=O) groups is 1. The van der Waals surface area contributed by atoms with E-state index in [2.05, 4.69) is 30.1 Å². The Bertz CT molecular complexity index is 1420. The first-order chi connectivity index (χ1) is 17.1. The standard InChI is InChI=1S/C27H31N5O3/c1-3-4-8-22-21-9-6-5-7-19(21)16-29-23(22)18-31-25-17-28-13-10-24(25)32(26(31)33)20-11-14-30(15-12-20)27(34)35-2/h5-7,9-10,13,16-17,20H,3-4,8,11-12,14-15,18H2,1-2H3. The van der Waals surface area contributed by atoms with Crippen LogP contribution < -0.4 is 5.69 Å². The van der Waals surface area contributed by atoms with Crippen molar-refractivity contribution >= 4 is 27.9 Å². The molecule has 0 bridgehead atoms. The van der Waals surface area contributed by atoms with E-state index in [4.69, 9.17) is 9.72 Å². The number of aromatic nitrogens is 4. The molecule has 3 aromatic heterocycles. The van der Waals surface area contributed by atoms with Crippen molar-refractivity contribution in [3.8, 4) is 0 Å². The third kappa shape index (κ3) is 4.29. The van der Waals surface area contributed by atoms with Crippen LogP contribution in [0.3, 0.4) is 0 Å². The molecule has 182 valence electrons. The molecule has 0 radical (unpaired) electrons. The number of nitrogens with zero attached hydrogens (tertiary/aromatic N) is 5. The quantitative estimate of drug-likeness (QED) is 0.411.